The Bertz CT molecular complexity index is 178. The summed E-state index contributed by atoms with van der Waals surface area (Å²) in [6.45, 7) is 12.6. The predicted octanol–water partition coefficient (Wildman–Crippen LogP) is 3.09. The highest BCUT2D eigenvalue weighted by Crippen LogP contribution is 2.16. The molecule has 1 N–H and O–H groups in total. The van der Waals surface area contributed by atoms with Crippen LogP contribution in [0.25, 0.3) is 0 Å². The fourth-order valence-corrected chi connectivity index (χ4v) is 2.65. The first-order valence-corrected chi connectivity index (χ1v) is 8.20. The lowest BCUT2D eigenvalue weighted by Crippen LogP contribution is -2.38. The summed E-state index contributed by atoms with van der Waals surface area (Å²) in [4.78, 5) is 2.49. The third-order valence-corrected chi connectivity index (χ3v) is 3.86. The molecule has 2 nitrogen and oxygen atoms in total. The van der Waals surface area contributed by atoms with Gasteiger partial charge in [0.25, 0.3) is 0 Å². The Balaban J connectivity index is 3.59. The summed E-state index contributed by atoms with van der Waals surface area (Å²) in [6, 6.07) is 0.731. The number of hydrogen-bond donors (Lipinski definition) is 1. The number of nitrogens with one attached hydrogen (secondary N) is 1. The van der Waals surface area contributed by atoms with Gasteiger partial charge in [-0.1, -0.05) is 27.7 Å². The van der Waals surface area contributed by atoms with Crippen molar-refractivity contribution in [3.63, 3.8) is 0 Å². The van der Waals surface area contributed by atoms with Gasteiger partial charge in [-0.05, 0) is 38.1 Å². The normalized spacial score (nSPS) is 14.3. The predicted molar refractivity (Wildman–Crippen MR) is 82.0 cm³/mol. The second kappa shape index (κ2) is 9.23. The van der Waals surface area contributed by atoms with Gasteiger partial charge in [-0.15, -0.1) is 0 Å². The Morgan fingerprint density at radius 3 is 2.35 bits per heavy atom. The van der Waals surface area contributed by atoms with Crippen molar-refractivity contribution in [2.45, 2.75) is 46.6 Å². The van der Waals surface area contributed by atoms with E-state index in [4.69, 9.17) is 0 Å². The average molecular weight is 260 g/mol. The third kappa shape index (κ3) is 9.93. The molecule has 0 fully saturated rings. The van der Waals surface area contributed by atoms with Gasteiger partial charge in [0.2, 0.25) is 0 Å². The molecular weight excluding hydrogens is 228 g/mol. The van der Waals surface area contributed by atoms with Crippen LogP contribution < -0.4 is 5.32 Å². The molecule has 0 aromatic rings. The van der Waals surface area contributed by atoms with E-state index in [-0.39, 0.29) is 0 Å². The zero-order chi connectivity index (χ0) is 13.3. The second-order valence-electron chi connectivity index (χ2n) is 6.06. The van der Waals surface area contributed by atoms with Crippen LogP contribution in [0.4, 0.5) is 0 Å². The molecule has 0 heterocycles. The Morgan fingerprint density at radius 2 is 1.88 bits per heavy atom. The molecule has 0 amide bonds. The number of thioether (sulfide) groups is 1. The maximum absolute atomic E-state index is 3.55. The fourth-order valence-electron chi connectivity index (χ4n) is 1.78. The molecule has 1 atom stereocenters. The van der Waals surface area contributed by atoms with Crippen LogP contribution in [0.3, 0.4) is 0 Å². The molecule has 3 heteroatoms. The molecule has 0 saturated heterocycles. The Hall–Kier alpha value is 0.270. The van der Waals surface area contributed by atoms with Gasteiger partial charge < -0.3 is 10.2 Å². The fraction of sp³-hybridized carbons (Fsp3) is 1.00. The van der Waals surface area contributed by atoms with E-state index in [0.29, 0.717) is 5.41 Å². The minimum Gasteiger partial charge on any atom is -0.315 e. The summed E-state index contributed by atoms with van der Waals surface area (Å²) in [5.74, 6) is 1.25. The first-order valence-electron chi connectivity index (χ1n) is 6.80. The van der Waals surface area contributed by atoms with Gasteiger partial charge in [-0.3, -0.25) is 0 Å². The van der Waals surface area contributed by atoms with Gasteiger partial charge >= 0.3 is 0 Å². The van der Waals surface area contributed by atoms with E-state index < -0.39 is 0 Å². The summed E-state index contributed by atoms with van der Waals surface area (Å²) >= 11 is 1.95. The first kappa shape index (κ1) is 17.3. The van der Waals surface area contributed by atoms with Crippen LogP contribution >= 0.6 is 11.8 Å². The van der Waals surface area contributed by atoms with Crippen molar-refractivity contribution in [1.29, 1.82) is 0 Å². The van der Waals surface area contributed by atoms with Crippen molar-refractivity contribution in [2.75, 3.05) is 38.7 Å². The molecule has 104 valence electrons. The molecule has 0 aliphatic rings. The number of hydrogen-bond acceptors (Lipinski definition) is 3. The van der Waals surface area contributed by atoms with Crippen LogP contribution in [0.5, 0.6) is 0 Å². The van der Waals surface area contributed by atoms with E-state index in [2.05, 4.69) is 51.2 Å². The van der Waals surface area contributed by atoms with E-state index >= 15 is 0 Å². The van der Waals surface area contributed by atoms with Crippen LogP contribution in [0.1, 0.15) is 40.5 Å². The molecule has 0 bridgehead atoms. The van der Waals surface area contributed by atoms with Crippen molar-refractivity contribution in [1.82, 2.24) is 10.2 Å². The molecule has 0 radical (unpaired) electrons. The molecule has 0 aromatic heterocycles. The van der Waals surface area contributed by atoms with Crippen LogP contribution in [-0.2, 0) is 0 Å². The van der Waals surface area contributed by atoms with Gasteiger partial charge in [-0.2, -0.15) is 11.8 Å². The number of nitrogens with zero attached hydrogens (tertiary/aromatic N) is 1. The topological polar surface area (TPSA) is 15.3 Å². The van der Waals surface area contributed by atoms with E-state index in [9.17, 15) is 0 Å². The van der Waals surface area contributed by atoms with Gasteiger partial charge in [0, 0.05) is 24.9 Å². The van der Waals surface area contributed by atoms with Crippen LogP contribution in [0, 0.1) is 5.41 Å². The SMILES string of the molecule is CCC(CSC)N(C)CCNCCC(C)(C)C. The summed E-state index contributed by atoms with van der Waals surface area (Å²) in [5, 5.41) is 3.55. The van der Waals surface area contributed by atoms with Crippen LogP contribution in [0.15, 0.2) is 0 Å². The standard InChI is InChI=1S/C14H32N2S/c1-7-13(12-17-6)16(5)11-10-15-9-8-14(2,3)4/h13,15H,7-12H2,1-6H3. The molecule has 0 saturated carbocycles. The third-order valence-electron chi connectivity index (χ3n) is 3.15. The second-order valence-corrected chi connectivity index (χ2v) is 6.97. The van der Waals surface area contributed by atoms with Crippen molar-refractivity contribution in [3.8, 4) is 0 Å². The first-order chi connectivity index (χ1) is 7.90. The Labute approximate surface area is 113 Å². The van der Waals surface area contributed by atoms with Gasteiger partial charge in [0.1, 0.15) is 0 Å². The van der Waals surface area contributed by atoms with E-state index in [1.807, 2.05) is 11.8 Å². The van der Waals surface area contributed by atoms with Crippen LogP contribution in [-0.4, -0.2) is 49.6 Å². The maximum Gasteiger partial charge on any atom is 0.0181 e. The lowest BCUT2D eigenvalue weighted by molar-refractivity contribution is 0.253. The van der Waals surface area contributed by atoms with Gasteiger partial charge in [0.15, 0.2) is 0 Å². The van der Waals surface area contributed by atoms with E-state index in [0.717, 1.165) is 25.7 Å². The molecule has 0 aromatic carbocycles. The molecule has 17 heavy (non-hydrogen) atoms. The minimum absolute atomic E-state index is 0.448. The monoisotopic (exact) mass is 260 g/mol. The Morgan fingerprint density at radius 1 is 1.24 bits per heavy atom. The number of rotatable bonds is 9. The zero-order valence-electron chi connectivity index (χ0n) is 12.7. The summed E-state index contributed by atoms with van der Waals surface area (Å²) in [6.07, 6.45) is 4.69. The largest absolute Gasteiger partial charge is 0.315 e. The summed E-state index contributed by atoms with van der Waals surface area (Å²) in [7, 11) is 2.25. The number of likely N-dealkylation sites (N-methyl/N-ethyl adjacent to an activating group) is 1. The maximum atomic E-state index is 3.55. The molecule has 0 rings (SSSR count). The van der Waals surface area contributed by atoms with Crippen LogP contribution in [0.2, 0.25) is 0 Å². The summed E-state index contributed by atoms with van der Waals surface area (Å²) in [5.41, 5.74) is 0.448. The van der Waals surface area contributed by atoms with Crippen molar-refractivity contribution >= 4 is 11.8 Å². The minimum atomic E-state index is 0.448. The van der Waals surface area contributed by atoms with Crippen molar-refractivity contribution in [3.05, 3.63) is 0 Å². The highest BCUT2D eigenvalue weighted by Gasteiger charge is 2.12. The lowest BCUT2D eigenvalue weighted by atomic mass is 9.92. The van der Waals surface area contributed by atoms with Crippen molar-refractivity contribution in [2.24, 2.45) is 5.41 Å². The molecule has 0 aliphatic carbocycles. The molecular formula is C14H32N2S. The lowest BCUT2D eigenvalue weighted by Gasteiger charge is -2.27. The highest BCUT2D eigenvalue weighted by molar-refractivity contribution is 7.98. The molecule has 1 unspecified atom stereocenters. The smallest absolute Gasteiger partial charge is 0.0181 e. The van der Waals surface area contributed by atoms with Gasteiger partial charge in [0.05, 0.1) is 0 Å². The van der Waals surface area contributed by atoms with Gasteiger partial charge in [-0.25, -0.2) is 0 Å². The van der Waals surface area contributed by atoms with E-state index in [1.54, 1.807) is 0 Å². The average Bonchev–Trinajstić information content (AvgIpc) is 2.23. The summed E-state index contributed by atoms with van der Waals surface area (Å²) < 4.78 is 0. The highest BCUT2D eigenvalue weighted by atomic mass is 32.2. The molecule has 0 aliphatic heterocycles. The van der Waals surface area contributed by atoms with Crippen molar-refractivity contribution < 1.29 is 0 Å². The van der Waals surface area contributed by atoms with E-state index in [1.165, 1.54) is 18.6 Å². The zero-order valence-corrected chi connectivity index (χ0v) is 13.5. The molecule has 0 spiro atoms. The Kier molecular flexibility index (Phi) is 9.38. The quantitative estimate of drug-likeness (QED) is 0.641.